The normalized spacial score (nSPS) is 21.4. The molecule has 5 nitrogen and oxygen atoms in total. The first-order chi connectivity index (χ1) is 10.4. The van der Waals surface area contributed by atoms with Gasteiger partial charge in [-0.1, -0.05) is 30.3 Å². The molecule has 22 heavy (non-hydrogen) atoms. The molecule has 0 bridgehead atoms. The van der Waals surface area contributed by atoms with Gasteiger partial charge in [-0.15, -0.1) is 0 Å². The van der Waals surface area contributed by atoms with Gasteiger partial charge in [-0.25, -0.2) is 13.1 Å². The Morgan fingerprint density at radius 2 is 2.00 bits per heavy atom. The van der Waals surface area contributed by atoms with Gasteiger partial charge in [-0.3, -0.25) is 4.90 Å². The molecule has 1 fully saturated rings. The number of benzene rings is 1. The van der Waals surface area contributed by atoms with Gasteiger partial charge in [0.05, 0.1) is 11.4 Å². The molecule has 1 aromatic carbocycles. The monoisotopic (exact) mass is 326 g/mol. The highest BCUT2D eigenvalue weighted by Crippen LogP contribution is 2.22. The number of nitrogens with one attached hydrogen (secondary N) is 1. The van der Waals surface area contributed by atoms with Crippen molar-refractivity contribution in [1.82, 2.24) is 9.62 Å². The summed E-state index contributed by atoms with van der Waals surface area (Å²) in [5.74, 6) is 0. The summed E-state index contributed by atoms with van der Waals surface area (Å²) in [6, 6.07) is 9.98. The molecule has 1 saturated heterocycles. The van der Waals surface area contributed by atoms with Crippen molar-refractivity contribution < 1.29 is 13.2 Å². The highest BCUT2D eigenvalue weighted by Gasteiger charge is 2.34. The third kappa shape index (κ3) is 4.52. The minimum Gasteiger partial charge on any atom is -0.375 e. The van der Waals surface area contributed by atoms with Gasteiger partial charge in [0.25, 0.3) is 0 Å². The number of rotatable bonds is 7. The first kappa shape index (κ1) is 17.4. The first-order valence-electron chi connectivity index (χ1n) is 7.73. The SMILES string of the molecule is CO[C@@H](CN1CC[C@H](S(=O)(=O)NC(C)C)C1)c1ccccc1. The zero-order valence-corrected chi connectivity index (χ0v) is 14.3. The Labute approximate surface area is 133 Å². The van der Waals surface area contributed by atoms with Crippen molar-refractivity contribution in [3.63, 3.8) is 0 Å². The summed E-state index contributed by atoms with van der Waals surface area (Å²) in [7, 11) is -1.54. The number of likely N-dealkylation sites (tertiary alicyclic amines) is 1. The van der Waals surface area contributed by atoms with Gasteiger partial charge < -0.3 is 4.74 Å². The number of sulfonamides is 1. The van der Waals surface area contributed by atoms with Crippen LogP contribution in [0.3, 0.4) is 0 Å². The molecule has 1 heterocycles. The Morgan fingerprint density at radius 3 is 2.59 bits per heavy atom. The predicted molar refractivity (Wildman–Crippen MR) is 88.2 cm³/mol. The van der Waals surface area contributed by atoms with Crippen LogP contribution in [-0.2, 0) is 14.8 Å². The van der Waals surface area contributed by atoms with Gasteiger partial charge >= 0.3 is 0 Å². The highest BCUT2D eigenvalue weighted by molar-refractivity contribution is 7.90. The fraction of sp³-hybridized carbons (Fsp3) is 0.625. The van der Waals surface area contributed by atoms with Crippen LogP contribution in [0.1, 0.15) is 31.9 Å². The van der Waals surface area contributed by atoms with Gasteiger partial charge in [-0.05, 0) is 32.4 Å². The van der Waals surface area contributed by atoms with Gasteiger partial charge in [-0.2, -0.15) is 0 Å². The molecule has 1 aliphatic heterocycles. The van der Waals surface area contributed by atoms with E-state index in [1.807, 2.05) is 44.2 Å². The maximum atomic E-state index is 12.2. The van der Waals surface area contributed by atoms with Crippen molar-refractivity contribution in [3.8, 4) is 0 Å². The Kier molecular flexibility index (Phi) is 5.97. The lowest BCUT2D eigenvalue weighted by Gasteiger charge is -2.23. The lowest BCUT2D eigenvalue weighted by atomic mass is 10.1. The first-order valence-corrected chi connectivity index (χ1v) is 9.28. The summed E-state index contributed by atoms with van der Waals surface area (Å²) in [6.45, 7) is 5.76. The second-order valence-corrected chi connectivity index (χ2v) is 8.12. The lowest BCUT2D eigenvalue weighted by Crippen LogP contribution is -2.40. The van der Waals surface area contributed by atoms with Crippen molar-refractivity contribution in [1.29, 1.82) is 0 Å². The van der Waals surface area contributed by atoms with Crippen LogP contribution >= 0.6 is 0 Å². The average molecular weight is 326 g/mol. The molecule has 0 aromatic heterocycles. The van der Waals surface area contributed by atoms with Crippen LogP contribution in [-0.4, -0.2) is 51.4 Å². The van der Waals surface area contributed by atoms with E-state index in [0.717, 1.165) is 12.1 Å². The van der Waals surface area contributed by atoms with Crippen LogP contribution in [0.15, 0.2) is 30.3 Å². The third-order valence-electron chi connectivity index (χ3n) is 3.95. The smallest absolute Gasteiger partial charge is 0.216 e. The summed E-state index contributed by atoms with van der Waals surface area (Å²) in [6.07, 6.45) is 0.647. The van der Waals surface area contributed by atoms with Crippen LogP contribution in [0, 0.1) is 0 Å². The number of hydrogen-bond donors (Lipinski definition) is 1. The minimum atomic E-state index is -3.23. The highest BCUT2D eigenvalue weighted by atomic mass is 32.2. The second kappa shape index (κ2) is 7.55. The van der Waals surface area contributed by atoms with Gasteiger partial charge in [0.15, 0.2) is 0 Å². The zero-order chi connectivity index (χ0) is 16.2. The molecule has 1 N–H and O–H groups in total. The molecular weight excluding hydrogens is 300 g/mol. The molecule has 1 aliphatic rings. The molecule has 0 radical (unpaired) electrons. The van der Waals surface area contributed by atoms with Gasteiger partial charge in [0.2, 0.25) is 10.0 Å². The summed E-state index contributed by atoms with van der Waals surface area (Å²) < 4.78 is 32.8. The summed E-state index contributed by atoms with van der Waals surface area (Å²) in [5, 5.41) is -0.330. The largest absolute Gasteiger partial charge is 0.375 e. The molecule has 0 saturated carbocycles. The Hall–Kier alpha value is -0.950. The third-order valence-corrected chi connectivity index (χ3v) is 6.01. The van der Waals surface area contributed by atoms with Crippen LogP contribution in [0.25, 0.3) is 0 Å². The number of ether oxygens (including phenoxy) is 1. The maximum absolute atomic E-state index is 12.2. The molecule has 1 aromatic rings. The van der Waals surface area contributed by atoms with Gasteiger partial charge in [0.1, 0.15) is 0 Å². The summed E-state index contributed by atoms with van der Waals surface area (Å²) in [5.41, 5.74) is 1.12. The number of hydrogen-bond acceptors (Lipinski definition) is 4. The topological polar surface area (TPSA) is 58.6 Å². The Balaban J connectivity index is 1.96. The van der Waals surface area contributed by atoms with Crippen molar-refractivity contribution >= 4 is 10.0 Å². The molecule has 124 valence electrons. The molecule has 2 rings (SSSR count). The maximum Gasteiger partial charge on any atom is 0.216 e. The molecule has 0 spiro atoms. The van der Waals surface area contributed by atoms with E-state index >= 15 is 0 Å². The summed E-state index contributed by atoms with van der Waals surface area (Å²) >= 11 is 0. The molecule has 2 atom stereocenters. The fourth-order valence-corrected chi connectivity index (χ4v) is 4.53. The Morgan fingerprint density at radius 1 is 1.32 bits per heavy atom. The van der Waals surface area contributed by atoms with Crippen LogP contribution in [0.4, 0.5) is 0 Å². The quantitative estimate of drug-likeness (QED) is 0.830. The van der Waals surface area contributed by atoms with E-state index in [1.54, 1.807) is 7.11 Å². The van der Waals surface area contributed by atoms with Crippen molar-refractivity contribution in [2.75, 3.05) is 26.7 Å². The van der Waals surface area contributed by atoms with E-state index in [4.69, 9.17) is 4.74 Å². The fourth-order valence-electron chi connectivity index (χ4n) is 2.86. The second-order valence-electron chi connectivity index (χ2n) is 6.12. The molecule has 0 amide bonds. The van der Waals surface area contributed by atoms with E-state index in [0.29, 0.717) is 19.5 Å². The standard InChI is InChI=1S/C16H26N2O3S/c1-13(2)17-22(19,20)15-9-10-18(11-15)12-16(21-3)14-7-5-4-6-8-14/h4-8,13,15-17H,9-12H2,1-3H3/t15-,16-/m0/s1. The molecule has 0 aliphatic carbocycles. The summed E-state index contributed by atoms with van der Waals surface area (Å²) in [4.78, 5) is 2.17. The molecule has 6 heteroatoms. The van der Waals surface area contributed by atoms with E-state index in [2.05, 4.69) is 9.62 Å². The van der Waals surface area contributed by atoms with Crippen molar-refractivity contribution in [3.05, 3.63) is 35.9 Å². The van der Waals surface area contributed by atoms with E-state index < -0.39 is 10.0 Å². The predicted octanol–water partition coefficient (Wildman–Crippen LogP) is 1.78. The van der Waals surface area contributed by atoms with Gasteiger partial charge in [0, 0.05) is 26.2 Å². The lowest BCUT2D eigenvalue weighted by molar-refractivity contribution is 0.0711. The van der Waals surface area contributed by atoms with Crippen LogP contribution in [0.5, 0.6) is 0 Å². The van der Waals surface area contributed by atoms with E-state index in [-0.39, 0.29) is 17.4 Å². The van der Waals surface area contributed by atoms with Crippen molar-refractivity contribution in [2.45, 2.75) is 37.7 Å². The zero-order valence-electron chi connectivity index (χ0n) is 13.5. The van der Waals surface area contributed by atoms with Crippen LogP contribution in [0.2, 0.25) is 0 Å². The van der Waals surface area contributed by atoms with Crippen LogP contribution < -0.4 is 4.72 Å². The van der Waals surface area contributed by atoms with E-state index in [1.165, 1.54) is 0 Å². The minimum absolute atomic E-state index is 0.0271. The average Bonchev–Trinajstić information content (AvgIpc) is 2.94. The van der Waals surface area contributed by atoms with Crippen molar-refractivity contribution in [2.24, 2.45) is 0 Å². The molecule has 0 unspecified atom stereocenters. The van der Waals surface area contributed by atoms with E-state index in [9.17, 15) is 8.42 Å². The molecular formula is C16H26N2O3S. The number of methoxy groups -OCH3 is 1. The Bertz CT molecular complexity index is 560. The number of nitrogens with zero attached hydrogens (tertiary/aromatic N) is 1.